The smallest absolute Gasteiger partial charge is 0.185 e. The van der Waals surface area contributed by atoms with Crippen molar-refractivity contribution < 1.29 is 5.11 Å². The molecule has 1 N–H and O–H groups in total. The van der Waals surface area contributed by atoms with Crippen LogP contribution in [0.2, 0.25) is 0 Å². The Bertz CT molecular complexity index is 321. The van der Waals surface area contributed by atoms with Gasteiger partial charge in [0.15, 0.2) is 5.13 Å². The Labute approximate surface area is 107 Å². The van der Waals surface area contributed by atoms with Crippen molar-refractivity contribution in [2.45, 2.75) is 20.0 Å². The van der Waals surface area contributed by atoms with Crippen LogP contribution in [0.25, 0.3) is 0 Å². The minimum Gasteiger partial charge on any atom is -0.392 e. The number of anilines is 1. The number of aliphatic hydroxyl groups excluding tert-OH is 1. The first-order valence-electron chi connectivity index (χ1n) is 6.21. The molecule has 5 heteroatoms. The van der Waals surface area contributed by atoms with Crippen LogP contribution in [0.15, 0.2) is 11.6 Å². The summed E-state index contributed by atoms with van der Waals surface area (Å²) in [4.78, 5) is 9.00. The highest BCUT2D eigenvalue weighted by molar-refractivity contribution is 7.13. The number of hydrogen-bond acceptors (Lipinski definition) is 5. The maximum atomic E-state index is 9.86. The molecule has 1 aliphatic rings. The number of rotatable bonds is 4. The number of nitrogens with zero attached hydrogens (tertiary/aromatic N) is 3. The van der Waals surface area contributed by atoms with Crippen molar-refractivity contribution in [3.8, 4) is 0 Å². The maximum Gasteiger partial charge on any atom is 0.185 e. The monoisotopic (exact) mass is 255 g/mol. The van der Waals surface area contributed by atoms with E-state index in [2.05, 4.69) is 28.6 Å². The molecule has 0 radical (unpaired) electrons. The molecular weight excluding hydrogens is 234 g/mol. The third kappa shape index (κ3) is 3.40. The summed E-state index contributed by atoms with van der Waals surface area (Å²) in [6.45, 7) is 8.99. The van der Waals surface area contributed by atoms with Gasteiger partial charge in [-0.2, -0.15) is 0 Å². The quantitative estimate of drug-likeness (QED) is 0.880. The molecule has 4 nitrogen and oxygen atoms in total. The standard InChI is InChI=1S/C12H21N3OS/c1-10(2)11(16)9-14-4-6-15(7-5-14)12-13-3-8-17-12/h3,8,10-11,16H,4-7,9H2,1-2H3. The van der Waals surface area contributed by atoms with Crippen LogP contribution in [0.4, 0.5) is 5.13 Å². The zero-order valence-corrected chi connectivity index (χ0v) is 11.4. The molecule has 0 aliphatic carbocycles. The van der Waals surface area contributed by atoms with Crippen LogP contribution in [-0.2, 0) is 0 Å². The van der Waals surface area contributed by atoms with Gasteiger partial charge in [0.05, 0.1) is 6.10 Å². The molecule has 0 bridgehead atoms. The van der Waals surface area contributed by atoms with Gasteiger partial charge in [0.25, 0.3) is 0 Å². The van der Waals surface area contributed by atoms with Crippen molar-refractivity contribution >= 4 is 16.5 Å². The summed E-state index contributed by atoms with van der Waals surface area (Å²) < 4.78 is 0. The van der Waals surface area contributed by atoms with Gasteiger partial charge in [0, 0.05) is 44.3 Å². The minimum atomic E-state index is -0.207. The lowest BCUT2D eigenvalue weighted by atomic mass is 10.1. The predicted octanol–water partition coefficient (Wildman–Crippen LogP) is 1.28. The van der Waals surface area contributed by atoms with E-state index in [1.165, 1.54) is 0 Å². The molecule has 1 unspecified atom stereocenters. The molecule has 1 aliphatic heterocycles. The number of piperazine rings is 1. The van der Waals surface area contributed by atoms with Crippen LogP contribution in [0.5, 0.6) is 0 Å². The highest BCUT2D eigenvalue weighted by Gasteiger charge is 2.21. The SMILES string of the molecule is CC(C)C(O)CN1CCN(c2nccs2)CC1. The van der Waals surface area contributed by atoms with E-state index < -0.39 is 0 Å². The number of thiazole rings is 1. The van der Waals surface area contributed by atoms with Crippen LogP contribution in [0.1, 0.15) is 13.8 Å². The summed E-state index contributed by atoms with van der Waals surface area (Å²) in [5.41, 5.74) is 0. The van der Waals surface area contributed by atoms with E-state index in [0.29, 0.717) is 5.92 Å². The van der Waals surface area contributed by atoms with Gasteiger partial charge in [-0.1, -0.05) is 13.8 Å². The van der Waals surface area contributed by atoms with Gasteiger partial charge in [-0.05, 0) is 5.92 Å². The fraction of sp³-hybridized carbons (Fsp3) is 0.750. The van der Waals surface area contributed by atoms with Gasteiger partial charge < -0.3 is 10.0 Å². The normalized spacial score (nSPS) is 19.9. The Balaban J connectivity index is 1.78. The summed E-state index contributed by atoms with van der Waals surface area (Å²) in [6, 6.07) is 0. The van der Waals surface area contributed by atoms with Crippen molar-refractivity contribution in [2.24, 2.45) is 5.92 Å². The summed E-state index contributed by atoms with van der Waals surface area (Å²) >= 11 is 1.70. The minimum absolute atomic E-state index is 0.207. The van der Waals surface area contributed by atoms with Crippen molar-refractivity contribution in [2.75, 3.05) is 37.6 Å². The first kappa shape index (κ1) is 12.8. The van der Waals surface area contributed by atoms with Crippen LogP contribution in [-0.4, -0.2) is 53.8 Å². The molecule has 1 fully saturated rings. The molecule has 1 atom stereocenters. The van der Waals surface area contributed by atoms with E-state index >= 15 is 0 Å². The number of aromatic nitrogens is 1. The lowest BCUT2D eigenvalue weighted by Gasteiger charge is -2.36. The number of aliphatic hydroxyl groups is 1. The van der Waals surface area contributed by atoms with Crippen LogP contribution >= 0.6 is 11.3 Å². The van der Waals surface area contributed by atoms with Gasteiger partial charge >= 0.3 is 0 Å². The molecule has 1 aromatic rings. The second-order valence-electron chi connectivity index (χ2n) is 4.91. The largest absolute Gasteiger partial charge is 0.392 e. The summed E-state index contributed by atoms with van der Waals surface area (Å²) in [5.74, 6) is 0.340. The Morgan fingerprint density at radius 3 is 2.59 bits per heavy atom. The van der Waals surface area contributed by atoms with E-state index in [0.717, 1.165) is 37.9 Å². The van der Waals surface area contributed by atoms with Crippen LogP contribution in [0, 0.1) is 5.92 Å². The fourth-order valence-electron chi connectivity index (χ4n) is 1.97. The summed E-state index contributed by atoms with van der Waals surface area (Å²) in [7, 11) is 0. The molecule has 1 aromatic heterocycles. The van der Waals surface area contributed by atoms with Gasteiger partial charge in [-0.25, -0.2) is 4.98 Å². The van der Waals surface area contributed by atoms with Crippen molar-refractivity contribution in [1.82, 2.24) is 9.88 Å². The zero-order valence-electron chi connectivity index (χ0n) is 10.5. The van der Waals surface area contributed by atoms with Gasteiger partial charge in [-0.15, -0.1) is 11.3 Å². The van der Waals surface area contributed by atoms with E-state index in [1.54, 1.807) is 11.3 Å². The van der Waals surface area contributed by atoms with Crippen molar-refractivity contribution in [3.63, 3.8) is 0 Å². The maximum absolute atomic E-state index is 9.86. The van der Waals surface area contributed by atoms with Gasteiger partial charge in [0.1, 0.15) is 0 Å². The highest BCUT2D eigenvalue weighted by Crippen LogP contribution is 2.19. The van der Waals surface area contributed by atoms with E-state index in [9.17, 15) is 5.11 Å². The molecular formula is C12H21N3OS. The average Bonchev–Trinajstić information content (AvgIpc) is 2.83. The van der Waals surface area contributed by atoms with Crippen LogP contribution < -0.4 is 4.90 Å². The van der Waals surface area contributed by atoms with Gasteiger partial charge in [0.2, 0.25) is 0 Å². The predicted molar refractivity (Wildman–Crippen MR) is 71.6 cm³/mol. The van der Waals surface area contributed by atoms with E-state index in [1.807, 2.05) is 11.6 Å². The molecule has 2 heterocycles. The Kier molecular flexibility index (Phi) is 4.36. The Hall–Kier alpha value is -0.650. The molecule has 0 saturated carbocycles. The molecule has 96 valence electrons. The molecule has 0 amide bonds. The Morgan fingerprint density at radius 2 is 2.06 bits per heavy atom. The Morgan fingerprint density at radius 1 is 1.35 bits per heavy atom. The molecule has 0 spiro atoms. The molecule has 0 aromatic carbocycles. The second-order valence-corrected chi connectivity index (χ2v) is 5.79. The average molecular weight is 255 g/mol. The first-order chi connectivity index (χ1) is 8.16. The highest BCUT2D eigenvalue weighted by atomic mass is 32.1. The van der Waals surface area contributed by atoms with Gasteiger partial charge in [-0.3, -0.25) is 4.90 Å². The summed E-state index contributed by atoms with van der Waals surface area (Å²) in [6.07, 6.45) is 1.65. The van der Waals surface area contributed by atoms with E-state index in [4.69, 9.17) is 0 Å². The molecule has 1 saturated heterocycles. The number of β-amino-alcohol motifs (C(OH)–C–C–N with tert-alkyl or cyclic N) is 1. The topological polar surface area (TPSA) is 39.6 Å². The lowest BCUT2D eigenvalue weighted by Crippen LogP contribution is -2.49. The summed E-state index contributed by atoms with van der Waals surface area (Å²) in [5, 5.41) is 13.0. The van der Waals surface area contributed by atoms with Crippen molar-refractivity contribution in [3.05, 3.63) is 11.6 Å². The van der Waals surface area contributed by atoms with Crippen LogP contribution in [0.3, 0.4) is 0 Å². The fourth-order valence-corrected chi connectivity index (χ4v) is 2.67. The third-order valence-corrected chi connectivity index (χ3v) is 4.11. The van der Waals surface area contributed by atoms with Crippen molar-refractivity contribution in [1.29, 1.82) is 0 Å². The molecule has 17 heavy (non-hydrogen) atoms. The zero-order chi connectivity index (χ0) is 12.3. The number of hydrogen-bond donors (Lipinski definition) is 1. The third-order valence-electron chi connectivity index (χ3n) is 3.28. The molecule has 2 rings (SSSR count). The first-order valence-corrected chi connectivity index (χ1v) is 7.09. The lowest BCUT2D eigenvalue weighted by molar-refractivity contribution is 0.0739. The second kappa shape index (κ2) is 5.80. The van der Waals surface area contributed by atoms with E-state index in [-0.39, 0.29) is 6.10 Å².